The lowest BCUT2D eigenvalue weighted by atomic mass is 10.2. The van der Waals surface area contributed by atoms with E-state index in [1.807, 2.05) is 30.3 Å². The van der Waals surface area contributed by atoms with Gasteiger partial charge in [0.15, 0.2) is 0 Å². The highest BCUT2D eigenvalue weighted by molar-refractivity contribution is 5.32. The molecule has 1 rings (SSSR count). The van der Waals surface area contributed by atoms with Crippen molar-refractivity contribution in [3.63, 3.8) is 0 Å². The lowest BCUT2D eigenvalue weighted by molar-refractivity contribution is 0.372. The maximum Gasteiger partial charge on any atom is 0.115 e. The van der Waals surface area contributed by atoms with Crippen LogP contribution >= 0.6 is 0 Å². The third kappa shape index (κ3) is 1.83. The molecule has 0 bridgehead atoms. The van der Waals surface area contributed by atoms with Gasteiger partial charge in [-0.05, 0) is 18.1 Å². The molecule has 1 aromatic rings. The number of hydrogen-bond donors (Lipinski definition) is 0. The minimum atomic E-state index is 0.976. The Kier molecular flexibility index (Phi) is 2.39. The topological polar surface area (TPSA) is 9.23 Å². The summed E-state index contributed by atoms with van der Waals surface area (Å²) in [6.07, 6.45) is 2.51. The van der Waals surface area contributed by atoms with Gasteiger partial charge >= 0.3 is 0 Å². The molecule has 0 amide bonds. The van der Waals surface area contributed by atoms with Crippen molar-refractivity contribution in [2.75, 3.05) is 7.11 Å². The van der Waals surface area contributed by atoms with Crippen LogP contribution in [0.4, 0.5) is 0 Å². The molecule has 0 unspecified atom stereocenters. The van der Waals surface area contributed by atoms with E-state index >= 15 is 0 Å². The quantitative estimate of drug-likeness (QED) is 0.487. The van der Waals surface area contributed by atoms with Crippen LogP contribution in [0.5, 0.6) is 0 Å². The van der Waals surface area contributed by atoms with Crippen LogP contribution in [0.15, 0.2) is 30.3 Å². The van der Waals surface area contributed by atoms with Crippen LogP contribution in [0.2, 0.25) is 0 Å². The van der Waals surface area contributed by atoms with Gasteiger partial charge in [0, 0.05) is 5.56 Å². The van der Waals surface area contributed by atoms with Crippen molar-refractivity contribution in [3.8, 4) is 12.0 Å². The first-order chi connectivity index (χ1) is 4.93. The molecule has 50 valence electrons. The molecule has 0 heterocycles. The van der Waals surface area contributed by atoms with E-state index in [2.05, 4.69) is 16.8 Å². The molecule has 10 heavy (non-hydrogen) atoms. The molecule has 0 aromatic heterocycles. The van der Waals surface area contributed by atoms with E-state index in [0.29, 0.717) is 0 Å². The zero-order chi connectivity index (χ0) is 7.23. The van der Waals surface area contributed by atoms with E-state index < -0.39 is 0 Å². The maximum absolute atomic E-state index is 4.58. The highest BCUT2D eigenvalue weighted by atomic mass is 16.5. The van der Waals surface area contributed by atoms with E-state index in [1.165, 1.54) is 0 Å². The van der Waals surface area contributed by atoms with Crippen molar-refractivity contribution >= 4 is 0 Å². The fraction of sp³-hybridized carbons (Fsp3) is 0.111. The first-order valence-corrected chi connectivity index (χ1v) is 3.02. The van der Waals surface area contributed by atoms with Crippen LogP contribution in [-0.4, -0.2) is 7.11 Å². The normalized spacial score (nSPS) is 7.70. The van der Waals surface area contributed by atoms with Gasteiger partial charge in [-0.15, -0.1) is 0 Å². The van der Waals surface area contributed by atoms with Crippen molar-refractivity contribution in [1.82, 2.24) is 0 Å². The first-order valence-electron chi connectivity index (χ1n) is 3.02. The predicted octanol–water partition coefficient (Wildman–Crippen LogP) is 1.64. The molecule has 1 nitrogen and oxygen atoms in total. The molecule has 0 aliphatic rings. The van der Waals surface area contributed by atoms with Crippen LogP contribution in [0.25, 0.3) is 0 Å². The predicted molar refractivity (Wildman–Crippen MR) is 40.3 cm³/mol. The van der Waals surface area contributed by atoms with Gasteiger partial charge in [-0.3, -0.25) is 0 Å². The van der Waals surface area contributed by atoms with Crippen LogP contribution in [0.1, 0.15) is 5.56 Å². The standard InChI is InChI=1S/C9H8O/c1-10-8-7-9-5-3-2-4-6-9/h2-6H,1H3. The molecule has 0 saturated heterocycles. The second-order valence-corrected chi connectivity index (χ2v) is 1.80. The Morgan fingerprint density at radius 1 is 1.20 bits per heavy atom. The number of rotatable bonds is 0. The molecule has 0 spiro atoms. The van der Waals surface area contributed by atoms with Crippen LogP contribution in [-0.2, 0) is 4.74 Å². The molecule has 0 atom stereocenters. The summed E-state index contributed by atoms with van der Waals surface area (Å²) >= 11 is 0. The van der Waals surface area contributed by atoms with E-state index in [0.717, 1.165) is 5.56 Å². The first kappa shape index (κ1) is 6.70. The van der Waals surface area contributed by atoms with Gasteiger partial charge in [-0.25, -0.2) is 0 Å². The Hall–Kier alpha value is -1.42. The van der Waals surface area contributed by atoms with Gasteiger partial charge in [0.05, 0.1) is 7.11 Å². The van der Waals surface area contributed by atoms with Crippen molar-refractivity contribution in [2.45, 2.75) is 0 Å². The fourth-order valence-electron chi connectivity index (χ4n) is 0.631. The van der Waals surface area contributed by atoms with Crippen molar-refractivity contribution in [1.29, 1.82) is 0 Å². The Morgan fingerprint density at radius 2 is 1.90 bits per heavy atom. The summed E-state index contributed by atoms with van der Waals surface area (Å²) < 4.78 is 4.58. The second kappa shape index (κ2) is 3.58. The SMILES string of the molecule is COC#Cc1ccccc1. The molecule has 0 saturated carbocycles. The molecule has 0 aliphatic carbocycles. The number of benzene rings is 1. The molecular formula is C9H8O. The summed E-state index contributed by atoms with van der Waals surface area (Å²) in [7, 11) is 1.55. The lowest BCUT2D eigenvalue weighted by Gasteiger charge is -1.84. The third-order valence-electron chi connectivity index (χ3n) is 1.07. The van der Waals surface area contributed by atoms with Gasteiger partial charge in [0.25, 0.3) is 0 Å². The molecular weight excluding hydrogens is 124 g/mol. The Balaban J connectivity index is 2.76. The maximum atomic E-state index is 4.58. The highest BCUT2D eigenvalue weighted by Crippen LogP contribution is 1.93. The van der Waals surface area contributed by atoms with Gasteiger partial charge in [0.1, 0.15) is 6.11 Å². The van der Waals surface area contributed by atoms with Gasteiger partial charge in [0.2, 0.25) is 0 Å². The molecule has 0 aliphatic heterocycles. The molecule has 0 N–H and O–H groups in total. The minimum absolute atomic E-state index is 0.976. The smallest absolute Gasteiger partial charge is 0.115 e. The van der Waals surface area contributed by atoms with Gasteiger partial charge < -0.3 is 4.74 Å². The van der Waals surface area contributed by atoms with Crippen molar-refractivity contribution in [3.05, 3.63) is 35.9 Å². The molecule has 1 heteroatoms. The zero-order valence-corrected chi connectivity index (χ0v) is 5.79. The number of hydrogen-bond acceptors (Lipinski definition) is 1. The molecule has 0 fully saturated rings. The van der Waals surface area contributed by atoms with Crippen LogP contribution < -0.4 is 0 Å². The number of methoxy groups -OCH3 is 1. The summed E-state index contributed by atoms with van der Waals surface area (Å²) in [6, 6.07) is 9.72. The summed E-state index contributed by atoms with van der Waals surface area (Å²) in [5, 5.41) is 0. The Bertz CT molecular complexity index is 240. The van der Waals surface area contributed by atoms with E-state index in [4.69, 9.17) is 0 Å². The zero-order valence-electron chi connectivity index (χ0n) is 5.79. The van der Waals surface area contributed by atoms with E-state index in [9.17, 15) is 0 Å². The summed E-state index contributed by atoms with van der Waals surface area (Å²) in [5.74, 6) is 2.82. The van der Waals surface area contributed by atoms with Crippen molar-refractivity contribution in [2.24, 2.45) is 0 Å². The highest BCUT2D eigenvalue weighted by Gasteiger charge is 1.79. The van der Waals surface area contributed by atoms with Gasteiger partial charge in [-0.1, -0.05) is 18.2 Å². The van der Waals surface area contributed by atoms with Crippen LogP contribution in [0.3, 0.4) is 0 Å². The minimum Gasteiger partial charge on any atom is -0.450 e. The van der Waals surface area contributed by atoms with Crippen molar-refractivity contribution < 1.29 is 4.74 Å². The third-order valence-corrected chi connectivity index (χ3v) is 1.07. The molecule has 0 radical (unpaired) electrons. The van der Waals surface area contributed by atoms with Crippen LogP contribution in [0, 0.1) is 12.0 Å². The second-order valence-electron chi connectivity index (χ2n) is 1.80. The number of ether oxygens (including phenoxy) is 1. The monoisotopic (exact) mass is 132 g/mol. The van der Waals surface area contributed by atoms with E-state index in [-0.39, 0.29) is 0 Å². The summed E-state index contributed by atoms with van der Waals surface area (Å²) in [4.78, 5) is 0. The van der Waals surface area contributed by atoms with Gasteiger partial charge in [-0.2, -0.15) is 0 Å². The molecule has 1 aromatic carbocycles. The van der Waals surface area contributed by atoms with E-state index in [1.54, 1.807) is 7.11 Å². The Morgan fingerprint density at radius 3 is 2.50 bits per heavy atom. The summed E-state index contributed by atoms with van der Waals surface area (Å²) in [6.45, 7) is 0. The average Bonchev–Trinajstić information content (AvgIpc) is 2.03. The lowest BCUT2D eigenvalue weighted by Crippen LogP contribution is -1.71. The summed E-state index contributed by atoms with van der Waals surface area (Å²) in [5.41, 5.74) is 0.976. The largest absolute Gasteiger partial charge is 0.450 e. The fourth-order valence-corrected chi connectivity index (χ4v) is 0.631. The Labute approximate surface area is 60.6 Å². The average molecular weight is 132 g/mol.